The van der Waals surface area contributed by atoms with Crippen LogP contribution >= 0.6 is 0 Å². The van der Waals surface area contributed by atoms with Gasteiger partial charge in [-0.3, -0.25) is 10.1 Å². The predicted molar refractivity (Wildman–Crippen MR) is 79.1 cm³/mol. The van der Waals surface area contributed by atoms with E-state index in [0.717, 1.165) is 0 Å². The first-order valence-electron chi connectivity index (χ1n) is 6.25. The number of hydrogen-bond acceptors (Lipinski definition) is 5. The molecule has 0 unspecified atom stereocenters. The molecule has 0 aliphatic rings. The van der Waals surface area contributed by atoms with Crippen molar-refractivity contribution in [2.45, 2.75) is 39.3 Å². The molecular formula is C13H18N2O4Si. The van der Waals surface area contributed by atoms with Gasteiger partial charge in [0.05, 0.1) is 10.6 Å². The molecule has 1 aromatic carbocycles. The number of rotatable bonds is 4. The van der Waals surface area contributed by atoms with Gasteiger partial charge in [0.25, 0.3) is 0 Å². The van der Waals surface area contributed by atoms with Crippen LogP contribution < -0.4 is 4.43 Å². The fourth-order valence-corrected chi connectivity index (χ4v) is 2.64. The average Bonchev–Trinajstić information content (AvgIpc) is 2.26. The van der Waals surface area contributed by atoms with Gasteiger partial charge in [-0.15, -0.1) is 0 Å². The molecule has 1 aromatic rings. The third-order valence-corrected chi connectivity index (χ3v) is 3.29. The molecule has 1 rings (SSSR count). The zero-order valence-electron chi connectivity index (χ0n) is 12.3. The summed E-state index contributed by atoms with van der Waals surface area (Å²) in [5.41, 5.74) is 0.389. The highest BCUT2D eigenvalue weighted by atomic mass is 28.3. The van der Waals surface area contributed by atoms with Crippen molar-refractivity contribution in [3.63, 3.8) is 0 Å². The molecule has 0 radical (unpaired) electrons. The molecule has 0 aromatic heterocycles. The fraction of sp³-hybridized carbons (Fsp3) is 0.462. The van der Waals surface area contributed by atoms with Crippen LogP contribution in [0.15, 0.2) is 17.1 Å². The number of nitro benzene ring substituents is 1. The van der Waals surface area contributed by atoms with E-state index in [4.69, 9.17) is 4.43 Å². The molecule has 0 aliphatic heterocycles. The summed E-state index contributed by atoms with van der Waals surface area (Å²) in [5.74, 6) is 0.223. The Bertz CT molecular complexity index is 572. The summed E-state index contributed by atoms with van der Waals surface area (Å²) in [7, 11) is -1.55. The molecule has 0 amide bonds. The number of carbonyl (C=O) groups excluding carboxylic acids is 1. The molecule has 20 heavy (non-hydrogen) atoms. The molecule has 0 atom stereocenters. The summed E-state index contributed by atoms with van der Waals surface area (Å²) >= 11 is 0. The van der Waals surface area contributed by atoms with Crippen molar-refractivity contribution < 1.29 is 14.1 Å². The van der Waals surface area contributed by atoms with Crippen LogP contribution in [0.4, 0.5) is 11.4 Å². The van der Waals surface area contributed by atoms with Crippen LogP contribution in [0.1, 0.15) is 26.3 Å². The van der Waals surface area contributed by atoms with Gasteiger partial charge in [0, 0.05) is 11.6 Å². The van der Waals surface area contributed by atoms with Crippen molar-refractivity contribution in [1.82, 2.24) is 0 Å². The molecule has 0 heterocycles. The van der Waals surface area contributed by atoms with Crippen LogP contribution in [-0.4, -0.2) is 20.0 Å². The average molecular weight is 294 g/mol. The molecule has 108 valence electrons. The minimum atomic E-state index is -1.55. The maximum absolute atomic E-state index is 11.2. The summed E-state index contributed by atoms with van der Waals surface area (Å²) in [4.78, 5) is 24.9. The summed E-state index contributed by atoms with van der Waals surface area (Å²) < 4.78 is 5.76. The SMILES string of the molecule is C[SiH](C)Oc1c([N+](=O)[O-])ccc(N=C=O)c1C(C)(C)C. The number of nitrogens with zero attached hydrogens (tertiary/aromatic N) is 2. The normalized spacial score (nSPS) is 11.1. The Balaban J connectivity index is 3.72. The maximum Gasteiger partial charge on any atom is 0.310 e. The summed E-state index contributed by atoms with van der Waals surface area (Å²) in [6, 6.07) is 2.77. The highest BCUT2D eigenvalue weighted by molar-refractivity contribution is 6.49. The quantitative estimate of drug-likeness (QED) is 0.281. The van der Waals surface area contributed by atoms with Gasteiger partial charge in [0.2, 0.25) is 15.1 Å². The molecule has 6 nitrogen and oxygen atoms in total. The molecule has 0 spiro atoms. The molecule has 7 heteroatoms. The van der Waals surface area contributed by atoms with E-state index in [2.05, 4.69) is 4.99 Å². The van der Waals surface area contributed by atoms with Crippen molar-refractivity contribution in [3.8, 4) is 5.75 Å². The van der Waals surface area contributed by atoms with Gasteiger partial charge in [-0.1, -0.05) is 20.8 Å². The van der Waals surface area contributed by atoms with Gasteiger partial charge in [0.15, 0.2) is 5.75 Å². The molecule has 0 saturated heterocycles. The first kappa shape index (κ1) is 16.1. The van der Waals surface area contributed by atoms with Crippen LogP contribution in [0, 0.1) is 10.1 Å². The lowest BCUT2D eigenvalue weighted by Crippen LogP contribution is -2.19. The largest absolute Gasteiger partial charge is 0.542 e. The molecular weight excluding hydrogens is 276 g/mol. The maximum atomic E-state index is 11.2. The highest BCUT2D eigenvalue weighted by Gasteiger charge is 2.30. The monoisotopic (exact) mass is 294 g/mol. The predicted octanol–water partition coefficient (Wildman–Crippen LogP) is 3.22. The zero-order chi connectivity index (χ0) is 15.5. The number of hydrogen-bond donors (Lipinski definition) is 0. The van der Waals surface area contributed by atoms with E-state index in [1.807, 2.05) is 33.9 Å². The first-order chi connectivity index (χ1) is 9.18. The molecule has 0 bridgehead atoms. The van der Waals surface area contributed by atoms with Crippen molar-refractivity contribution in [3.05, 3.63) is 27.8 Å². The second kappa shape index (κ2) is 5.98. The van der Waals surface area contributed by atoms with Gasteiger partial charge in [-0.25, -0.2) is 4.79 Å². The van der Waals surface area contributed by atoms with E-state index in [9.17, 15) is 14.9 Å². The summed E-state index contributed by atoms with van der Waals surface area (Å²) in [5, 5.41) is 11.2. The highest BCUT2D eigenvalue weighted by Crippen LogP contribution is 2.44. The van der Waals surface area contributed by atoms with E-state index in [-0.39, 0.29) is 11.4 Å². The Morgan fingerprint density at radius 2 is 1.95 bits per heavy atom. The second-order valence-electron chi connectivity index (χ2n) is 5.68. The second-order valence-corrected chi connectivity index (χ2v) is 8.02. The van der Waals surface area contributed by atoms with Crippen LogP contribution in [0.25, 0.3) is 0 Å². The van der Waals surface area contributed by atoms with Crippen LogP contribution in [0.3, 0.4) is 0 Å². The number of nitro groups is 1. The standard InChI is InChI=1S/C13H18N2O4Si/c1-13(2,3)11-9(14-8-16)6-7-10(15(17)18)12(11)19-20(4)5/h6-7,20H,1-5H3. The van der Waals surface area contributed by atoms with Crippen molar-refractivity contribution in [2.24, 2.45) is 4.99 Å². The van der Waals surface area contributed by atoms with Crippen LogP contribution in [-0.2, 0) is 10.2 Å². The smallest absolute Gasteiger partial charge is 0.310 e. The minimum Gasteiger partial charge on any atom is -0.542 e. The van der Waals surface area contributed by atoms with Gasteiger partial charge >= 0.3 is 5.69 Å². The Kier molecular flexibility index (Phi) is 4.81. The van der Waals surface area contributed by atoms with Crippen molar-refractivity contribution in [1.29, 1.82) is 0 Å². The van der Waals surface area contributed by atoms with Crippen molar-refractivity contribution in [2.75, 3.05) is 0 Å². The minimum absolute atomic E-state index is 0.0963. The third kappa shape index (κ3) is 3.52. The van der Waals surface area contributed by atoms with E-state index >= 15 is 0 Å². The molecule has 0 saturated carbocycles. The van der Waals surface area contributed by atoms with Gasteiger partial charge in [-0.2, -0.15) is 4.99 Å². The lowest BCUT2D eigenvalue weighted by atomic mass is 9.84. The van der Waals surface area contributed by atoms with E-state index in [1.165, 1.54) is 18.2 Å². The summed E-state index contributed by atoms with van der Waals surface area (Å²) in [6.07, 6.45) is 1.49. The Labute approximate surface area is 119 Å². The lowest BCUT2D eigenvalue weighted by molar-refractivity contribution is -0.385. The molecule has 0 fully saturated rings. The Hall–Kier alpha value is -1.98. The van der Waals surface area contributed by atoms with Gasteiger partial charge < -0.3 is 4.43 Å². The number of benzene rings is 1. The molecule has 0 N–H and O–H groups in total. The van der Waals surface area contributed by atoms with Gasteiger partial charge in [-0.05, 0) is 24.6 Å². The Morgan fingerprint density at radius 1 is 1.35 bits per heavy atom. The zero-order valence-corrected chi connectivity index (χ0v) is 13.4. The van der Waals surface area contributed by atoms with Crippen molar-refractivity contribution >= 4 is 26.5 Å². The number of isocyanates is 1. The topological polar surface area (TPSA) is 81.8 Å². The van der Waals surface area contributed by atoms with Crippen LogP contribution in [0.5, 0.6) is 5.75 Å². The van der Waals surface area contributed by atoms with Gasteiger partial charge in [0.1, 0.15) is 0 Å². The number of aliphatic imine (C=N–C) groups is 1. The summed E-state index contributed by atoms with van der Waals surface area (Å²) in [6.45, 7) is 9.53. The van der Waals surface area contributed by atoms with E-state index in [1.54, 1.807) is 0 Å². The fourth-order valence-electron chi connectivity index (χ4n) is 1.93. The lowest BCUT2D eigenvalue weighted by Gasteiger charge is -2.25. The molecule has 0 aliphatic carbocycles. The first-order valence-corrected chi connectivity index (χ1v) is 9.03. The Morgan fingerprint density at radius 3 is 2.35 bits per heavy atom. The van der Waals surface area contributed by atoms with Crippen LogP contribution in [0.2, 0.25) is 13.1 Å². The van der Waals surface area contributed by atoms with E-state index in [0.29, 0.717) is 11.3 Å². The van der Waals surface area contributed by atoms with E-state index < -0.39 is 19.4 Å². The third-order valence-electron chi connectivity index (χ3n) is 2.58.